The first kappa shape index (κ1) is 25.3. The Hall–Kier alpha value is -2.79. The summed E-state index contributed by atoms with van der Waals surface area (Å²) in [6.07, 6.45) is 0.504. The number of benzene rings is 1. The highest BCUT2D eigenvalue weighted by Crippen LogP contribution is 2.29. The second-order valence-corrected chi connectivity index (χ2v) is 11.3. The lowest BCUT2D eigenvalue weighted by Crippen LogP contribution is -2.50. The summed E-state index contributed by atoms with van der Waals surface area (Å²) in [5.74, 6) is 0.727. The van der Waals surface area contributed by atoms with Crippen molar-refractivity contribution in [2.45, 2.75) is 46.1 Å². The maximum atomic E-state index is 12.8. The Morgan fingerprint density at radius 1 is 1.11 bits per heavy atom. The van der Waals surface area contributed by atoms with E-state index in [1.165, 1.54) is 21.9 Å². The van der Waals surface area contributed by atoms with Gasteiger partial charge in [0.15, 0.2) is 0 Å². The van der Waals surface area contributed by atoms with Gasteiger partial charge < -0.3 is 14.5 Å². The summed E-state index contributed by atoms with van der Waals surface area (Å²) >= 11 is 4.83. The van der Waals surface area contributed by atoms with Crippen molar-refractivity contribution in [3.63, 3.8) is 0 Å². The van der Waals surface area contributed by atoms with Crippen molar-refractivity contribution in [1.82, 2.24) is 19.5 Å². The molecular weight excluding hydrogens is 534 g/mol. The van der Waals surface area contributed by atoms with Crippen molar-refractivity contribution in [2.24, 2.45) is 0 Å². The molecule has 3 aromatic rings. The summed E-state index contributed by atoms with van der Waals surface area (Å²) in [5, 5.41) is 5.13. The molecule has 0 spiro atoms. The van der Waals surface area contributed by atoms with Crippen LogP contribution in [0.2, 0.25) is 0 Å². The Morgan fingerprint density at radius 2 is 1.83 bits per heavy atom. The molecular formula is C24H28BrN5O4S. The number of aromatic nitrogens is 3. The average Bonchev–Trinajstić information content (AvgIpc) is 3.22. The number of ketones is 1. The maximum Gasteiger partial charge on any atom is 0.410 e. The van der Waals surface area contributed by atoms with Crippen LogP contribution in [0.15, 0.2) is 33.5 Å². The lowest BCUT2D eigenvalue weighted by Gasteiger charge is -2.36. The van der Waals surface area contributed by atoms with Crippen LogP contribution in [0.1, 0.15) is 39.7 Å². The third-order valence-electron chi connectivity index (χ3n) is 5.49. The number of hydrogen-bond donors (Lipinski definition) is 0. The number of amides is 1. The molecule has 0 atom stereocenters. The van der Waals surface area contributed by atoms with Crippen LogP contribution in [0.5, 0.6) is 0 Å². The van der Waals surface area contributed by atoms with Gasteiger partial charge in [0.2, 0.25) is 4.96 Å². The molecule has 0 saturated carbocycles. The normalized spacial score (nSPS) is 14.4. The molecule has 0 bridgehead atoms. The third kappa shape index (κ3) is 6.07. The van der Waals surface area contributed by atoms with E-state index >= 15 is 0 Å². The monoisotopic (exact) mass is 561 g/mol. The first-order chi connectivity index (χ1) is 16.5. The zero-order chi connectivity index (χ0) is 25.3. The highest BCUT2D eigenvalue weighted by molar-refractivity contribution is 9.10. The lowest BCUT2D eigenvalue weighted by atomic mass is 10.1. The molecule has 1 fully saturated rings. The molecule has 1 amide bonds. The van der Waals surface area contributed by atoms with Gasteiger partial charge in [0.25, 0.3) is 5.56 Å². The number of hydrogen-bond acceptors (Lipinski definition) is 8. The smallest absolute Gasteiger partial charge is 0.410 e. The van der Waals surface area contributed by atoms with Crippen LogP contribution in [0, 0.1) is 0 Å². The molecule has 1 saturated heterocycles. The Balaban J connectivity index is 1.55. The van der Waals surface area contributed by atoms with Crippen molar-refractivity contribution in [3.05, 3.63) is 44.7 Å². The second kappa shape index (κ2) is 10.1. The minimum Gasteiger partial charge on any atom is -0.444 e. The molecule has 0 unspecified atom stereocenters. The molecule has 186 valence electrons. The fraction of sp³-hybridized carbons (Fsp3) is 0.458. The summed E-state index contributed by atoms with van der Waals surface area (Å²) in [5.41, 5.74) is 0.906. The largest absolute Gasteiger partial charge is 0.444 e. The van der Waals surface area contributed by atoms with Gasteiger partial charge in [-0.3, -0.25) is 9.59 Å². The van der Waals surface area contributed by atoms with E-state index in [1.54, 1.807) is 4.90 Å². The number of fused-ring (bicyclic) bond motifs is 1. The van der Waals surface area contributed by atoms with Crippen molar-refractivity contribution in [1.29, 1.82) is 0 Å². The maximum absolute atomic E-state index is 12.8. The van der Waals surface area contributed by atoms with Crippen molar-refractivity contribution >= 4 is 49.9 Å². The van der Waals surface area contributed by atoms with Gasteiger partial charge in [-0.1, -0.05) is 34.2 Å². The zero-order valence-corrected chi connectivity index (χ0v) is 22.6. The van der Waals surface area contributed by atoms with Crippen LogP contribution in [0.3, 0.4) is 0 Å². The predicted molar refractivity (Wildman–Crippen MR) is 139 cm³/mol. The first-order valence-electron chi connectivity index (χ1n) is 11.5. The molecule has 35 heavy (non-hydrogen) atoms. The molecule has 11 heteroatoms. The molecule has 1 aromatic carbocycles. The lowest BCUT2D eigenvalue weighted by molar-refractivity contribution is -0.118. The Bertz CT molecular complexity index is 1320. The van der Waals surface area contributed by atoms with Gasteiger partial charge in [0, 0.05) is 55.1 Å². The van der Waals surface area contributed by atoms with Gasteiger partial charge in [-0.2, -0.15) is 9.61 Å². The molecule has 1 aliphatic heterocycles. The number of nitrogens with zero attached hydrogens (tertiary/aromatic N) is 5. The summed E-state index contributed by atoms with van der Waals surface area (Å²) in [6, 6.07) is 7.24. The Kier molecular flexibility index (Phi) is 7.27. The minimum atomic E-state index is -0.542. The number of Topliss-reactive ketones (excluding diaryl/α,β-unsaturated/α-hetero) is 1. The summed E-state index contributed by atoms with van der Waals surface area (Å²) in [4.78, 5) is 45.9. The molecule has 4 rings (SSSR count). The zero-order valence-electron chi connectivity index (χ0n) is 20.2. The summed E-state index contributed by atoms with van der Waals surface area (Å²) in [7, 11) is 0. The van der Waals surface area contributed by atoms with Crippen LogP contribution >= 0.6 is 27.3 Å². The van der Waals surface area contributed by atoms with Gasteiger partial charge in [-0.05, 0) is 44.5 Å². The van der Waals surface area contributed by atoms with Crippen LogP contribution in [-0.4, -0.2) is 63.2 Å². The van der Waals surface area contributed by atoms with E-state index in [0.717, 1.165) is 15.6 Å². The molecule has 3 heterocycles. The molecule has 0 aliphatic carbocycles. The van der Waals surface area contributed by atoms with Gasteiger partial charge in [0.1, 0.15) is 22.2 Å². The van der Waals surface area contributed by atoms with Gasteiger partial charge >= 0.3 is 6.09 Å². The minimum absolute atomic E-state index is 0.160. The average molecular weight is 562 g/mol. The summed E-state index contributed by atoms with van der Waals surface area (Å²) < 4.78 is 7.60. The topological polar surface area (TPSA) is 97.1 Å². The highest BCUT2D eigenvalue weighted by Gasteiger charge is 2.27. The number of carbonyl (C=O) groups is 2. The molecule has 2 aromatic heterocycles. The summed E-state index contributed by atoms with van der Waals surface area (Å²) in [6.45, 7) is 9.45. The number of ether oxygens (including phenoxy) is 1. The molecule has 0 N–H and O–H groups in total. The van der Waals surface area contributed by atoms with Crippen molar-refractivity contribution in [3.8, 4) is 10.6 Å². The predicted octanol–water partition coefficient (Wildman–Crippen LogP) is 4.16. The fourth-order valence-electron chi connectivity index (χ4n) is 3.75. The van der Waals surface area contributed by atoms with Crippen LogP contribution in [0.4, 0.5) is 10.6 Å². The van der Waals surface area contributed by atoms with Crippen molar-refractivity contribution in [2.75, 3.05) is 31.1 Å². The van der Waals surface area contributed by atoms with E-state index in [2.05, 4.69) is 26.0 Å². The number of piperazine rings is 1. The van der Waals surface area contributed by atoms with E-state index in [4.69, 9.17) is 4.74 Å². The number of halogens is 1. The van der Waals surface area contributed by atoms with E-state index in [-0.39, 0.29) is 17.4 Å². The SMILES string of the molecule is CCC(=O)Cc1cc(Br)cc(-c2nn3c(=O)cc(N4CCN(C(=O)OC(C)(C)C)CC4)nc3s2)c1. The van der Waals surface area contributed by atoms with Gasteiger partial charge in [-0.15, -0.1) is 0 Å². The van der Waals surface area contributed by atoms with Crippen LogP contribution < -0.4 is 10.5 Å². The fourth-order valence-corrected chi connectivity index (χ4v) is 5.18. The van der Waals surface area contributed by atoms with Gasteiger partial charge in [-0.25, -0.2) is 9.78 Å². The van der Waals surface area contributed by atoms with Gasteiger partial charge in [0.05, 0.1) is 0 Å². The van der Waals surface area contributed by atoms with E-state index in [0.29, 0.717) is 54.8 Å². The van der Waals surface area contributed by atoms with E-state index < -0.39 is 5.60 Å². The highest BCUT2D eigenvalue weighted by atomic mass is 79.9. The number of rotatable bonds is 5. The van der Waals surface area contributed by atoms with Crippen molar-refractivity contribution < 1.29 is 14.3 Å². The Labute approximate surface area is 215 Å². The third-order valence-corrected chi connectivity index (χ3v) is 6.90. The molecule has 0 radical (unpaired) electrons. The molecule has 9 nitrogen and oxygen atoms in total. The van der Waals surface area contributed by atoms with E-state index in [1.807, 2.05) is 50.8 Å². The number of carbonyl (C=O) groups excluding carboxylic acids is 2. The van der Waals surface area contributed by atoms with E-state index in [9.17, 15) is 14.4 Å². The standard InChI is InChI=1S/C24H28BrN5O4S/c1-5-18(31)12-15-10-16(13-17(25)11-15)21-27-30-20(32)14-19(26-22(30)35-21)28-6-8-29(9-7-28)23(33)34-24(2,3)4/h10-11,13-14H,5-9,12H2,1-4H3. The number of anilines is 1. The Morgan fingerprint density at radius 3 is 2.49 bits per heavy atom. The second-order valence-electron chi connectivity index (χ2n) is 9.43. The first-order valence-corrected chi connectivity index (χ1v) is 13.1. The molecule has 1 aliphatic rings. The quantitative estimate of drug-likeness (QED) is 0.461. The van der Waals surface area contributed by atoms with Crippen LogP contribution in [0.25, 0.3) is 15.5 Å². The van der Waals surface area contributed by atoms with Crippen LogP contribution in [-0.2, 0) is 16.0 Å².